The van der Waals surface area contributed by atoms with Gasteiger partial charge in [-0.05, 0) is 49.5 Å². The van der Waals surface area contributed by atoms with Gasteiger partial charge in [-0.15, -0.1) is 36.2 Å². The number of benzene rings is 1. The Hall–Kier alpha value is -1.54. The minimum atomic E-state index is 0. The molecule has 0 unspecified atom stereocenters. The van der Waals surface area contributed by atoms with Crippen LogP contribution in [0.3, 0.4) is 0 Å². The Labute approximate surface area is 181 Å². The molecule has 3 heterocycles. The molecular weight excluding hydrogens is 421 g/mol. The van der Waals surface area contributed by atoms with E-state index in [-0.39, 0.29) is 42.9 Å². The average Bonchev–Trinajstić information content (AvgIpc) is 3.29. The highest BCUT2D eigenvalue weighted by Gasteiger charge is 2.27. The van der Waals surface area contributed by atoms with Gasteiger partial charge in [0, 0.05) is 17.5 Å². The smallest absolute Gasteiger partial charge is 0.231 e. The van der Waals surface area contributed by atoms with E-state index in [2.05, 4.69) is 22.5 Å². The topological polar surface area (TPSA) is 72.5 Å². The van der Waals surface area contributed by atoms with Crippen LogP contribution in [0.2, 0.25) is 0 Å². The highest BCUT2D eigenvalue weighted by molar-refractivity contribution is 7.13. The number of aromatic nitrogens is 1. The molecule has 1 aromatic carbocycles. The third-order valence-electron chi connectivity index (χ3n) is 5.04. The number of ether oxygens (including phenoxy) is 2. The lowest BCUT2D eigenvalue weighted by molar-refractivity contribution is -0.121. The normalized spacial score (nSPS) is 16.6. The lowest BCUT2D eigenvalue weighted by Crippen LogP contribution is -2.43. The van der Waals surface area contributed by atoms with E-state index in [0.29, 0.717) is 6.42 Å². The molecule has 4 rings (SSSR count). The van der Waals surface area contributed by atoms with Crippen LogP contribution >= 0.6 is 36.2 Å². The second-order valence-corrected chi connectivity index (χ2v) is 8.08. The van der Waals surface area contributed by atoms with Gasteiger partial charge in [-0.3, -0.25) is 4.79 Å². The van der Waals surface area contributed by atoms with Crippen molar-refractivity contribution in [3.8, 4) is 22.1 Å². The molecule has 28 heavy (non-hydrogen) atoms. The first-order chi connectivity index (χ1) is 12.6. The minimum absolute atomic E-state index is 0. The van der Waals surface area contributed by atoms with E-state index in [0.717, 1.165) is 60.2 Å². The number of thiazole rings is 1. The first-order valence-corrected chi connectivity index (χ1v) is 9.81. The Kier molecular flexibility index (Phi) is 7.95. The van der Waals surface area contributed by atoms with Crippen molar-refractivity contribution in [3.63, 3.8) is 0 Å². The molecule has 6 nitrogen and oxygen atoms in total. The van der Waals surface area contributed by atoms with Crippen molar-refractivity contribution in [2.24, 2.45) is 5.41 Å². The predicted octanol–water partition coefficient (Wildman–Crippen LogP) is 3.43. The SMILES string of the molecule is CC1(CNC(=O)Cc2csc(-c3ccc4c(c3)OCO4)n2)CCNCC1.Cl.Cl. The van der Waals surface area contributed by atoms with E-state index in [1.807, 2.05) is 23.6 Å². The van der Waals surface area contributed by atoms with Gasteiger partial charge in [0.25, 0.3) is 0 Å². The molecule has 0 atom stereocenters. The zero-order chi connectivity index (χ0) is 18.0. The van der Waals surface area contributed by atoms with Crippen molar-refractivity contribution in [2.75, 3.05) is 26.4 Å². The molecule has 1 saturated heterocycles. The number of piperidine rings is 1. The Morgan fingerprint density at radius 2 is 2.00 bits per heavy atom. The van der Waals surface area contributed by atoms with Gasteiger partial charge >= 0.3 is 0 Å². The van der Waals surface area contributed by atoms with E-state index < -0.39 is 0 Å². The zero-order valence-electron chi connectivity index (χ0n) is 15.7. The summed E-state index contributed by atoms with van der Waals surface area (Å²) in [6, 6.07) is 5.79. The quantitative estimate of drug-likeness (QED) is 0.737. The van der Waals surface area contributed by atoms with Crippen LogP contribution < -0.4 is 20.1 Å². The number of rotatable bonds is 5. The number of amides is 1. The molecule has 0 saturated carbocycles. The van der Waals surface area contributed by atoms with E-state index >= 15 is 0 Å². The van der Waals surface area contributed by atoms with Crippen LogP contribution in [0.4, 0.5) is 0 Å². The Bertz CT molecular complexity index is 809. The maximum absolute atomic E-state index is 12.3. The van der Waals surface area contributed by atoms with Gasteiger partial charge < -0.3 is 20.1 Å². The summed E-state index contributed by atoms with van der Waals surface area (Å²) in [5, 5.41) is 9.28. The molecule has 154 valence electrons. The molecule has 0 bridgehead atoms. The van der Waals surface area contributed by atoms with Crippen molar-refractivity contribution >= 4 is 42.1 Å². The summed E-state index contributed by atoms with van der Waals surface area (Å²) in [4.78, 5) is 16.9. The first kappa shape index (κ1) is 22.7. The number of hydrogen-bond acceptors (Lipinski definition) is 6. The van der Waals surface area contributed by atoms with Crippen LogP contribution in [0.1, 0.15) is 25.5 Å². The van der Waals surface area contributed by atoms with E-state index in [9.17, 15) is 4.79 Å². The van der Waals surface area contributed by atoms with Crippen LogP contribution in [0.15, 0.2) is 23.6 Å². The van der Waals surface area contributed by atoms with Crippen LogP contribution in [0, 0.1) is 5.41 Å². The Morgan fingerprint density at radius 3 is 2.79 bits per heavy atom. The molecule has 2 aromatic rings. The molecule has 0 aliphatic carbocycles. The van der Waals surface area contributed by atoms with E-state index in [1.54, 1.807) is 0 Å². The largest absolute Gasteiger partial charge is 0.454 e. The second-order valence-electron chi connectivity index (χ2n) is 7.23. The van der Waals surface area contributed by atoms with Crippen molar-refractivity contribution < 1.29 is 14.3 Å². The summed E-state index contributed by atoms with van der Waals surface area (Å²) in [5.41, 5.74) is 1.98. The third-order valence-corrected chi connectivity index (χ3v) is 5.98. The predicted molar refractivity (Wildman–Crippen MR) is 115 cm³/mol. The van der Waals surface area contributed by atoms with Crippen LogP contribution in [0.5, 0.6) is 11.5 Å². The van der Waals surface area contributed by atoms with Gasteiger partial charge in [0.15, 0.2) is 11.5 Å². The molecule has 2 aliphatic heterocycles. The van der Waals surface area contributed by atoms with Crippen molar-refractivity contribution in [1.82, 2.24) is 15.6 Å². The molecule has 1 aromatic heterocycles. The average molecular weight is 446 g/mol. The number of nitrogens with one attached hydrogen (secondary N) is 2. The van der Waals surface area contributed by atoms with Gasteiger partial charge in [0.2, 0.25) is 12.7 Å². The molecule has 9 heteroatoms. The Morgan fingerprint density at radius 1 is 1.25 bits per heavy atom. The molecule has 2 N–H and O–H groups in total. The van der Waals surface area contributed by atoms with Crippen molar-refractivity contribution in [2.45, 2.75) is 26.2 Å². The maximum atomic E-state index is 12.3. The number of carbonyl (C=O) groups excluding carboxylic acids is 1. The van der Waals surface area contributed by atoms with Crippen LogP contribution in [0.25, 0.3) is 10.6 Å². The standard InChI is InChI=1S/C19H23N3O3S.2ClH/c1-19(4-6-20-7-5-19)11-21-17(23)9-14-10-26-18(22-14)13-2-3-15-16(8-13)25-12-24-15;;/h2-3,8,10,20H,4-7,9,11-12H2,1H3,(H,21,23);2*1H. The molecule has 2 aliphatic rings. The molecule has 1 amide bonds. The summed E-state index contributed by atoms with van der Waals surface area (Å²) in [6.45, 7) is 5.28. The van der Waals surface area contributed by atoms with E-state index in [4.69, 9.17) is 9.47 Å². The minimum Gasteiger partial charge on any atom is -0.454 e. The van der Waals surface area contributed by atoms with Crippen LogP contribution in [-0.4, -0.2) is 37.3 Å². The number of halogens is 2. The number of nitrogens with zero attached hydrogens (tertiary/aromatic N) is 1. The van der Waals surface area contributed by atoms with Gasteiger partial charge in [0.1, 0.15) is 5.01 Å². The fourth-order valence-corrected chi connectivity index (χ4v) is 4.11. The lowest BCUT2D eigenvalue weighted by Gasteiger charge is -2.34. The van der Waals surface area contributed by atoms with Gasteiger partial charge in [-0.2, -0.15) is 0 Å². The summed E-state index contributed by atoms with van der Waals surface area (Å²) < 4.78 is 10.8. The molecule has 0 radical (unpaired) electrons. The van der Waals surface area contributed by atoms with Gasteiger partial charge in [-0.25, -0.2) is 4.98 Å². The maximum Gasteiger partial charge on any atom is 0.231 e. The molecule has 0 spiro atoms. The highest BCUT2D eigenvalue weighted by atomic mass is 35.5. The van der Waals surface area contributed by atoms with Gasteiger partial charge in [-0.1, -0.05) is 6.92 Å². The number of carbonyl (C=O) groups is 1. The van der Waals surface area contributed by atoms with E-state index in [1.165, 1.54) is 11.3 Å². The summed E-state index contributed by atoms with van der Waals surface area (Å²) in [6.07, 6.45) is 2.51. The summed E-state index contributed by atoms with van der Waals surface area (Å²) in [7, 11) is 0. The van der Waals surface area contributed by atoms with Gasteiger partial charge in [0.05, 0.1) is 12.1 Å². The summed E-state index contributed by atoms with van der Waals surface area (Å²) in [5.74, 6) is 1.54. The fourth-order valence-electron chi connectivity index (χ4n) is 3.30. The second kappa shape index (κ2) is 9.78. The summed E-state index contributed by atoms with van der Waals surface area (Å²) >= 11 is 1.54. The van der Waals surface area contributed by atoms with Crippen LogP contribution in [-0.2, 0) is 11.2 Å². The molecule has 1 fully saturated rings. The highest BCUT2D eigenvalue weighted by Crippen LogP contribution is 2.36. The zero-order valence-corrected chi connectivity index (χ0v) is 18.1. The monoisotopic (exact) mass is 445 g/mol. The fraction of sp³-hybridized carbons (Fsp3) is 0.474. The first-order valence-electron chi connectivity index (χ1n) is 8.93. The number of fused-ring (bicyclic) bond motifs is 1. The molecular formula is C19H25Cl2N3O3S. The van der Waals surface area contributed by atoms with Crippen molar-refractivity contribution in [1.29, 1.82) is 0 Å². The van der Waals surface area contributed by atoms with Crippen molar-refractivity contribution in [3.05, 3.63) is 29.3 Å². The third kappa shape index (κ3) is 5.29. The number of hydrogen-bond donors (Lipinski definition) is 2. The Balaban J connectivity index is 0.00000140. The lowest BCUT2D eigenvalue weighted by atomic mass is 9.81.